The van der Waals surface area contributed by atoms with E-state index in [0.29, 0.717) is 5.57 Å². The standard InChI is InChI=1S/C34H54O3/c1-10-11-12-13-14-15-16-17-18-22-37-32-29(33(4,5)6)24-28(25-30(32)34(7,8)9)27(3)21-19-20-26(2)23-31(35)36/h19-21,23-25H,10-18,22H2,1-9H3,(H,35,36)/b20-19+,26-23+,27-21+. The number of carboxylic acids is 1. The van der Waals surface area contributed by atoms with E-state index in [9.17, 15) is 4.79 Å². The van der Waals surface area contributed by atoms with E-state index in [2.05, 4.69) is 73.6 Å². The zero-order valence-electron chi connectivity index (χ0n) is 25.3. The summed E-state index contributed by atoms with van der Waals surface area (Å²) in [5, 5.41) is 8.92. The molecule has 0 aliphatic rings. The van der Waals surface area contributed by atoms with Crippen molar-refractivity contribution in [3.63, 3.8) is 0 Å². The predicted molar refractivity (Wildman–Crippen MR) is 161 cm³/mol. The van der Waals surface area contributed by atoms with Crippen LogP contribution in [-0.2, 0) is 15.6 Å². The van der Waals surface area contributed by atoms with Crippen LogP contribution in [0.3, 0.4) is 0 Å². The van der Waals surface area contributed by atoms with Crippen molar-refractivity contribution in [3.05, 3.63) is 58.7 Å². The first kappa shape index (κ1) is 32.7. The van der Waals surface area contributed by atoms with E-state index in [1.807, 2.05) is 12.2 Å². The number of rotatable bonds is 15. The van der Waals surface area contributed by atoms with Gasteiger partial charge in [-0.2, -0.15) is 0 Å². The summed E-state index contributed by atoms with van der Waals surface area (Å²) >= 11 is 0. The summed E-state index contributed by atoms with van der Waals surface area (Å²) < 4.78 is 6.57. The molecule has 37 heavy (non-hydrogen) atoms. The maximum absolute atomic E-state index is 10.9. The van der Waals surface area contributed by atoms with Gasteiger partial charge in [-0.25, -0.2) is 4.79 Å². The van der Waals surface area contributed by atoms with Gasteiger partial charge < -0.3 is 9.84 Å². The highest BCUT2D eigenvalue weighted by Crippen LogP contribution is 2.42. The largest absolute Gasteiger partial charge is 0.493 e. The Labute approximate surface area is 228 Å². The van der Waals surface area contributed by atoms with Gasteiger partial charge in [0.05, 0.1) is 6.61 Å². The highest BCUT2D eigenvalue weighted by atomic mass is 16.5. The number of hydrogen-bond acceptors (Lipinski definition) is 2. The van der Waals surface area contributed by atoms with E-state index in [0.717, 1.165) is 24.4 Å². The van der Waals surface area contributed by atoms with Gasteiger partial charge in [0.1, 0.15) is 5.75 Å². The Kier molecular flexibility index (Phi) is 14.0. The van der Waals surface area contributed by atoms with Crippen LogP contribution in [0.2, 0.25) is 0 Å². The van der Waals surface area contributed by atoms with Gasteiger partial charge in [-0.1, -0.05) is 118 Å². The van der Waals surface area contributed by atoms with Crippen LogP contribution in [0.25, 0.3) is 5.57 Å². The van der Waals surface area contributed by atoms with Crippen LogP contribution in [0.5, 0.6) is 5.75 Å². The quantitative estimate of drug-likeness (QED) is 0.145. The molecule has 3 heteroatoms. The van der Waals surface area contributed by atoms with Gasteiger partial charge in [-0.05, 0) is 59.9 Å². The Bertz CT molecular complexity index is 898. The van der Waals surface area contributed by atoms with Crippen LogP contribution >= 0.6 is 0 Å². The fourth-order valence-corrected chi connectivity index (χ4v) is 4.40. The summed E-state index contributed by atoms with van der Waals surface area (Å²) in [4.78, 5) is 10.9. The summed E-state index contributed by atoms with van der Waals surface area (Å²) in [5.74, 6) is 0.123. The van der Waals surface area contributed by atoms with Gasteiger partial charge in [0.2, 0.25) is 0 Å². The van der Waals surface area contributed by atoms with E-state index in [1.54, 1.807) is 6.92 Å². The van der Waals surface area contributed by atoms with E-state index in [-0.39, 0.29) is 10.8 Å². The maximum atomic E-state index is 10.9. The number of ether oxygens (including phenoxy) is 1. The molecule has 0 amide bonds. The predicted octanol–water partition coefficient (Wildman–Crippen LogP) is 10.2. The smallest absolute Gasteiger partial charge is 0.328 e. The van der Waals surface area contributed by atoms with Crippen molar-refractivity contribution in [3.8, 4) is 5.75 Å². The molecule has 208 valence electrons. The lowest BCUT2D eigenvalue weighted by atomic mass is 9.77. The first-order valence-electron chi connectivity index (χ1n) is 14.4. The SMILES string of the molecule is CCCCCCCCCCCOc1c(C(C)(C)C)cc(/C(C)=C/C=C/C(C)=C/C(=O)O)cc1C(C)(C)C. The topological polar surface area (TPSA) is 46.5 Å². The highest BCUT2D eigenvalue weighted by Gasteiger charge is 2.28. The monoisotopic (exact) mass is 510 g/mol. The molecule has 0 atom stereocenters. The Balaban J connectivity index is 3.07. The van der Waals surface area contributed by atoms with Gasteiger partial charge in [0.25, 0.3) is 0 Å². The number of carboxylic acid groups (broad SMARTS) is 1. The minimum atomic E-state index is -0.925. The lowest BCUT2D eigenvalue weighted by Gasteiger charge is -2.31. The molecule has 1 aromatic rings. The number of carbonyl (C=O) groups is 1. The minimum absolute atomic E-state index is 0.0548. The molecular formula is C34H54O3. The molecule has 1 aromatic carbocycles. The summed E-state index contributed by atoms with van der Waals surface area (Å²) in [6.07, 6.45) is 18.8. The van der Waals surface area contributed by atoms with E-state index in [1.165, 1.54) is 74.1 Å². The summed E-state index contributed by atoms with van der Waals surface area (Å²) in [6, 6.07) is 4.56. The Hall–Kier alpha value is -2.29. The third-order valence-electron chi connectivity index (χ3n) is 6.71. The van der Waals surface area contributed by atoms with Crippen molar-refractivity contribution < 1.29 is 14.6 Å². The van der Waals surface area contributed by atoms with Gasteiger partial charge >= 0.3 is 5.97 Å². The lowest BCUT2D eigenvalue weighted by Crippen LogP contribution is -2.20. The second-order valence-corrected chi connectivity index (χ2v) is 12.5. The molecule has 0 saturated carbocycles. The molecule has 0 fully saturated rings. The van der Waals surface area contributed by atoms with Crippen molar-refractivity contribution >= 4 is 11.5 Å². The van der Waals surface area contributed by atoms with Gasteiger partial charge in [0.15, 0.2) is 0 Å². The number of unbranched alkanes of at least 4 members (excludes halogenated alkanes) is 8. The van der Waals surface area contributed by atoms with Crippen molar-refractivity contribution in [1.29, 1.82) is 0 Å². The molecule has 0 aliphatic carbocycles. The number of hydrogen-bond donors (Lipinski definition) is 1. The molecule has 0 spiro atoms. The molecule has 0 saturated heterocycles. The Morgan fingerprint density at radius 1 is 0.838 bits per heavy atom. The summed E-state index contributed by atoms with van der Waals surface area (Å²) in [6.45, 7) is 20.4. The summed E-state index contributed by atoms with van der Waals surface area (Å²) in [5.41, 5.74) is 5.40. The first-order valence-corrected chi connectivity index (χ1v) is 14.4. The van der Waals surface area contributed by atoms with E-state index in [4.69, 9.17) is 9.84 Å². The van der Waals surface area contributed by atoms with E-state index < -0.39 is 5.97 Å². The van der Waals surface area contributed by atoms with Crippen molar-refractivity contribution in [2.45, 2.75) is 131 Å². The molecule has 3 nitrogen and oxygen atoms in total. The van der Waals surface area contributed by atoms with Gasteiger partial charge in [0, 0.05) is 17.2 Å². The van der Waals surface area contributed by atoms with Gasteiger partial charge in [-0.15, -0.1) is 0 Å². The third kappa shape index (κ3) is 12.7. The zero-order valence-corrected chi connectivity index (χ0v) is 25.3. The molecule has 0 aromatic heterocycles. The third-order valence-corrected chi connectivity index (χ3v) is 6.71. The molecule has 0 heterocycles. The van der Waals surface area contributed by atoms with Crippen molar-refractivity contribution in [1.82, 2.24) is 0 Å². The minimum Gasteiger partial charge on any atom is -0.493 e. The fraction of sp³-hybridized carbons (Fsp3) is 0.618. The molecule has 0 bridgehead atoms. The zero-order chi connectivity index (χ0) is 28.1. The van der Waals surface area contributed by atoms with Crippen molar-refractivity contribution in [2.24, 2.45) is 0 Å². The number of allylic oxidation sites excluding steroid dienone is 5. The second kappa shape index (κ2) is 15.8. The van der Waals surface area contributed by atoms with E-state index >= 15 is 0 Å². The summed E-state index contributed by atoms with van der Waals surface area (Å²) in [7, 11) is 0. The van der Waals surface area contributed by atoms with Crippen LogP contribution in [0.1, 0.15) is 137 Å². The average molecular weight is 511 g/mol. The van der Waals surface area contributed by atoms with Crippen LogP contribution in [0, 0.1) is 0 Å². The lowest BCUT2D eigenvalue weighted by molar-refractivity contribution is -0.131. The number of aliphatic carboxylic acids is 1. The fourth-order valence-electron chi connectivity index (χ4n) is 4.40. The normalized spacial score (nSPS) is 13.4. The molecule has 0 aliphatic heterocycles. The van der Waals surface area contributed by atoms with Gasteiger partial charge in [-0.3, -0.25) is 0 Å². The van der Waals surface area contributed by atoms with Crippen LogP contribution < -0.4 is 4.74 Å². The molecule has 1 rings (SSSR count). The molecular weight excluding hydrogens is 456 g/mol. The maximum Gasteiger partial charge on any atom is 0.328 e. The second-order valence-electron chi connectivity index (χ2n) is 12.5. The van der Waals surface area contributed by atoms with Crippen LogP contribution in [-0.4, -0.2) is 17.7 Å². The average Bonchev–Trinajstić information content (AvgIpc) is 2.78. The van der Waals surface area contributed by atoms with Crippen LogP contribution in [0.4, 0.5) is 0 Å². The molecule has 0 radical (unpaired) electrons. The number of benzene rings is 1. The Morgan fingerprint density at radius 3 is 1.78 bits per heavy atom. The first-order chi connectivity index (χ1) is 17.3. The molecule has 1 N–H and O–H groups in total. The highest BCUT2D eigenvalue weighted by molar-refractivity contribution is 5.81. The molecule has 0 unspecified atom stereocenters. The Morgan fingerprint density at radius 2 is 1.32 bits per heavy atom. The van der Waals surface area contributed by atoms with Crippen LogP contribution in [0.15, 0.2) is 42.0 Å². The van der Waals surface area contributed by atoms with Crippen molar-refractivity contribution in [2.75, 3.05) is 6.61 Å².